The minimum Gasteiger partial charge on any atom is -0.465 e. The van der Waals surface area contributed by atoms with Crippen molar-refractivity contribution in [1.29, 1.82) is 0 Å². The van der Waals surface area contributed by atoms with Gasteiger partial charge in [0.2, 0.25) is 0 Å². The molecule has 0 aliphatic carbocycles. The van der Waals surface area contributed by atoms with Crippen LogP contribution in [-0.2, 0) is 11.3 Å². The van der Waals surface area contributed by atoms with E-state index in [0.29, 0.717) is 27.9 Å². The molecule has 0 saturated heterocycles. The summed E-state index contributed by atoms with van der Waals surface area (Å²) in [6, 6.07) is 13.0. The zero-order valence-electron chi connectivity index (χ0n) is 12.9. The van der Waals surface area contributed by atoms with E-state index in [1.54, 1.807) is 18.2 Å². The first kappa shape index (κ1) is 17.2. The molecular weight excluding hydrogens is 332 g/mol. The van der Waals surface area contributed by atoms with Crippen LogP contribution in [0.5, 0.6) is 0 Å². The number of methoxy groups -OCH3 is 1. The quantitative estimate of drug-likeness (QED) is 0.648. The van der Waals surface area contributed by atoms with Crippen LogP contribution in [0, 0.1) is 6.92 Å². The monoisotopic (exact) mass is 348 g/mol. The highest BCUT2D eigenvalue weighted by Crippen LogP contribution is 2.23. The number of aryl methyl sites for hydroxylation is 1. The molecule has 0 aliphatic rings. The molecule has 0 heterocycles. The highest BCUT2D eigenvalue weighted by molar-refractivity contribution is 7.80. The molecule has 0 spiro atoms. The third-order valence-corrected chi connectivity index (χ3v) is 3.75. The maximum Gasteiger partial charge on any atom is 0.337 e. The molecule has 2 rings (SSSR count). The number of carbonyl (C=O) groups is 1. The topological polar surface area (TPSA) is 50.4 Å². The number of esters is 1. The van der Waals surface area contributed by atoms with Crippen LogP contribution in [0.2, 0.25) is 5.02 Å². The van der Waals surface area contributed by atoms with Crippen LogP contribution in [0.25, 0.3) is 0 Å². The SMILES string of the molecule is COC(=O)c1ccc(Cl)c(NC(=S)NCc2cccc(C)c2)c1. The van der Waals surface area contributed by atoms with Gasteiger partial charge in [0.1, 0.15) is 0 Å². The second-order valence-corrected chi connectivity index (χ2v) is 5.80. The van der Waals surface area contributed by atoms with Gasteiger partial charge >= 0.3 is 5.97 Å². The van der Waals surface area contributed by atoms with Crippen molar-refractivity contribution in [3.63, 3.8) is 0 Å². The molecule has 120 valence electrons. The number of benzene rings is 2. The average Bonchev–Trinajstić information content (AvgIpc) is 2.54. The fourth-order valence-electron chi connectivity index (χ4n) is 2.04. The fourth-order valence-corrected chi connectivity index (χ4v) is 2.38. The van der Waals surface area contributed by atoms with Gasteiger partial charge in [-0.15, -0.1) is 0 Å². The summed E-state index contributed by atoms with van der Waals surface area (Å²) in [5.41, 5.74) is 3.28. The minimum atomic E-state index is -0.427. The Kier molecular flexibility index (Phi) is 5.96. The van der Waals surface area contributed by atoms with Crippen molar-refractivity contribution in [3.05, 3.63) is 64.2 Å². The van der Waals surface area contributed by atoms with Gasteiger partial charge in [0.25, 0.3) is 0 Å². The lowest BCUT2D eigenvalue weighted by molar-refractivity contribution is 0.0601. The Morgan fingerprint density at radius 2 is 2.04 bits per heavy atom. The molecule has 0 radical (unpaired) electrons. The van der Waals surface area contributed by atoms with Crippen LogP contribution in [0.1, 0.15) is 21.5 Å². The molecule has 0 amide bonds. The first-order valence-electron chi connectivity index (χ1n) is 6.98. The number of hydrogen-bond donors (Lipinski definition) is 2. The van der Waals surface area contributed by atoms with E-state index in [1.807, 2.05) is 25.1 Å². The van der Waals surface area contributed by atoms with Gasteiger partial charge in [-0.25, -0.2) is 4.79 Å². The summed E-state index contributed by atoms with van der Waals surface area (Å²) in [5, 5.41) is 7.00. The van der Waals surface area contributed by atoms with Crippen molar-refractivity contribution < 1.29 is 9.53 Å². The number of carbonyl (C=O) groups excluding carboxylic acids is 1. The van der Waals surface area contributed by atoms with Crippen LogP contribution in [0.4, 0.5) is 5.69 Å². The predicted octanol–water partition coefficient (Wildman–Crippen LogP) is 3.92. The van der Waals surface area contributed by atoms with Crippen molar-refractivity contribution in [2.45, 2.75) is 13.5 Å². The van der Waals surface area contributed by atoms with Gasteiger partial charge in [-0.2, -0.15) is 0 Å². The lowest BCUT2D eigenvalue weighted by Crippen LogP contribution is -2.28. The molecule has 0 aromatic heterocycles. The van der Waals surface area contributed by atoms with E-state index in [9.17, 15) is 4.79 Å². The third-order valence-electron chi connectivity index (χ3n) is 3.17. The summed E-state index contributed by atoms with van der Waals surface area (Å²) in [7, 11) is 1.33. The fraction of sp³-hybridized carbons (Fsp3) is 0.176. The molecular formula is C17H17ClN2O2S. The molecule has 0 saturated carbocycles. The lowest BCUT2D eigenvalue weighted by Gasteiger charge is -2.13. The van der Waals surface area contributed by atoms with E-state index in [-0.39, 0.29) is 0 Å². The predicted molar refractivity (Wildman–Crippen MR) is 97.0 cm³/mol. The first-order chi connectivity index (χ1) is 11.0. The number of thiocarbonyl (C=S) groups is 1. The molecule has 23 heavy (non-hydrogen) atoms. The highest BCUT2D eigenvalue weighted by atomic mass is 35.5. The Morgan fingerprint density at radius 1 is 1.26 bits per heavy atom. The molecule has 0 aliphatic heterocycles. The Labute approximate surface area is 145 Å². The van der Waals surface area contributed by atoms with Crippen LogP contribution in [-0.4, -0.2) is 18.2 Å². The van der Waals surface area contributed by atoms with E-state index in [0.717, 1.165) is 5.56 Å². The van der Waals surface area contributed by atoms with Crippen molar-refractivity contribution >= 4 is 40.6 Å². The van der Waals surface area contributed by atoms with Gasteiger partial charge in [0.15, 0.2) is 5.11 Å². The number of anilines is 1. The summed E-state index contributed by atoms with van der Waals surface area (Å²) >= 11 is 11.4. The van der Waals surface area contributed by atoms with Crippen molar-refractivity contribution in [2.75, 3.05) is 12.4 Å². The van der Waals surface area contributed by atoms with Gasteiger partial charge in [-0.05, 0) is 42.9 Å². The smallest absolute Gasteiger partial charge is 0.337 e. The van der Waals surface area contributed by atoms with Crippen LogP contribution < -0.4 is 10.6 Å². The summed E-state index contributed by atoms with van der Waals surface area (Å²) in [6.45, 7) is 2.64. The van der Waals surface area contributed by atoms with Crippen molar-refractivity contribution in [2.24, 2.45) is 0 Å². The maximum atomic E-state index is 11.6. The van der Waals surface area contributed by atoms with E-state index in [2.05, 4.69) is 16.7 Å². The number of hydrogen-bond acceptors (Lipinski definition) is 3. The maximum absolute atomic E-state index is 11.6. The Balaban J connectivity index is 2.01. The number of rotatable bonds is 4. The van der Waals surface area contributed by atoms with E-state index in [1.165, 1.54) is 12.7 Å². The molecule has 0 unspecified atom stereocenters. The Bertz CT molecular complexity index is 734. The van der Waals surface area contributed by atoms with Gasteiger partial charge in [0.05, 0.1) is 23.4 Å². The second-order valence-electron chi connectivity index (χ2n) is 4.98. The molecule has 2 N–H and O–H groups in total. The van der Waals surface area contributed by atoms with Crippen LogP contribution in [0.3, 0.4) is 0 Å². The Morgan fingerprint density at radius 3 is 2.74 bits per heavy atom. The molecule has 6 heteroatoms. The highest BCUT2D eigenvalue weighted by Gasteiger charge is 2.10. The zero-order valence-corrected chi connectivity index (χ0v) is 14.4. The summed E-state index contributed by atoms with van der Waals surface area (Å²) < 4.78 is 4.69. The molecule has 2 aromatic carbocycles. The minimum absolute atomic E-state index is 0.404. The third kappa shape index (κ3) is 4.94. The molecule has 2 aromatic rings. The molecule has 0 fully saturated rings. The van der Waals surface area contributed by atoms with Crippen molar-refractivity contribution in [3.8, 4) is 0 Å². The standard InChI is InChI=1S/C17H17ClN2O2S/c1-11-4-3-5-12(8-11)10-19-17(23)20-15-9-13(16(21)22-2)6-7-14(15)18/h3-9H,10H2,1-2H3,(H2,19,20,23). The van der Waals surface area contributed by atoms with Gasteiger partial charge < -0.3 is 15.4 Å². The van der Waals surface area contributed by atoms with E-state index in [4.69, 9.17) is 28.6 Å². The Hall–Kier alpha value is -2.11. The van der Waals surface area contributed by atoms with E-state index < -0.39 is 5.97 Å². The first-order valence-corrected chi connectivity index (χ1v) is 7.76. The summed E-state index contributed by atoms with van der Waals surface area (Å²) in [5.74, 6) is -0.427. The summed E-state index contributed by atoms with van der Waals surface area (Å²) in [6.07, 6.45) is 0. The molecule has 0 bridgehead atoms. The number of ether oxygens (including phenoxy) is 1. The number of halogens is 1. The zero-order chi connectivity index (χ0) is 16.8. The largest absolute Gasteiger partial charge is 0.465 e. The van der Waals surface area contributed by atoms with Gasteiger partial charge in [-0.1, -0.05) is 41.4 Å². The summed E-state index contributed by atoms with van der Waals surface area (Å²) in [4.78, 5) is 11.6. The van der Waals surface area contributed by atoms with Gasteiger partial charge in [0, 0.05) is 6.54 Å². The van der Waals surface area contributed by atoms with Crippen molar-refractivity contribution in [1.82, 2.24) is 5.32 Å². The van der Waals surface area contributed by atoms with Crippen LogP contribution >= 0.6 is 23.8 Å². The number of nitrogens with one attached hydrogen (secondary N) is 2. The molecule has 4 nitrogen and oxygen atoms in total. The second kappa shape index (κ2) is 7.94. The normalized spacial score (nSPS) is 10.0. The van der Waals surface area contributed by atoms with Gasteiger partial charge in [-0.3, -0.25) is 0 Å². The lowest BCUT2D eigenvalue weighted by atomic mass is 10.1. The average molecular weight is 349 g/mol. The molecule has 0 atom stereocenters. The van der Waals surface area contributed by atoms with E-state index >= 15 is 0 Å². The van der Waals surface area contributed by atoms with Crippen LogP contribution in [0.15, 0.2) is 42.5 Å².